The summed E-state index contributed by atoms with van der Waals surface area (Å²) in [7, 11) is 0. The van der Waals surface area contributed by atoms with Crippen LogP contribution in [-0.4, -0.2) is 14.8 Å². The molecule has 0 aliphatic heterocycles. The topological polar surface area (TPSA) is 43.9 Å². The zero-order chi connectivity index (χ0) is 19.7. The summed E-state index contributed by atoms with van der Waals surface area (Å²) >= 11 is 26.0. The molecule has 2 aromatic carbocycles. The summed E-state index contributed by atoms with van der Waals surface area (Å²) in [5.41, 5.74) is 1.72. The Hall–Kier alpha value is -1.63. The second-order valence-corrected chi connectivity index (χ2v) is 8.34. The van der Waals surface area contributed by atoms with Crippen molar-refractivity contribution in [2.75, 3.05) is 0 Å². The van der Waals surface area contributed by atoms with Crippen LogP contribution in [0.15, 0.2) is 64.4 Å². The van der Waals surface area contributed by atoms with Gasteiger partial charge in [-0.25, -0.2) is 0 Å². The highest BCUT2D eigenvalue weighted by molar-refractivity contribution is 7.98. The predicted octanol–water partition coefficient (Wildman–Crippen LogP) is 7.43. The van der Waals surface area contributed by atoms with Crippen LogP contribution in [0.2, 0.25) is 20.1 Å². The zero-order valence-corrected chi connectivity index (χ0v) is 17.9. The molecule has 4 nitrogen and oxygen atoms in total. The van der Waals surface area contributed by atoms with E-state index in [0.717, 1.165) is 11.3 Å². The lowest BCUT2D eigenvalue weighted by molar-refractivity contribution is 0.575. The normalized spacial score (nSPS) is 11.1. The number of nitrogens with zero attached hydrogens (tertiary/aromatic N) is 3. The summed E-state index contributed by atoms with van der Waals surface area (Å²) in [6.07, 6.45) is 1.59. The highest BCUT2D eigenvalue weighted by Crippen LogP contribution is 2.34. The maximum Gasteiger partial charge on any atom is 0.205 e. The monoisotopic (exact) mass is 469 g/mol. The number of rotatable bonds is 5. The third kappa shape index (κ3) is 4.04. The molecule has 0 N–H and O–H groups in total. The van der Waals surface area contributed by atoms with E-state index >= 15 is 0 Å². The molecule has 0 bridgehead atoms. The first-order valence-electron chi connectivity index (χ1n) is 8.04. The lowest BCUT2D eigenvalue weighted by Crippen LogP contribution is -1.99. The average Bonchev–Trinajstić information content (AvgIpc) is 3.32. The molecule has 9 heteroatoms. The van der Waals surface area contributed by atoms with Gasteiger partial charge in [0.25, 0.3) is 0 Å². The second kappa shape index (κ2) is 8.39. The number of hydrogen-bond donors (Lipinski definition) is 0. The maximum absolute atomic E-state index is 6.29. The van der Waals surface area contributed by atoms with Crippen molar-refractivity contribution >= 4 is 58.2 Å². The molecule has 0 unspecified atom stereocenters. The average molecular weight is 471 g/mol. The fraction of sp³-hybridized carbons (Fsp3) is 0.0526. The summed E-state index contributed by atoms with van der Waals surface area (Å²) in [6.45, 7) is 0. The lowest BCUT2D eigenvalue weighted by Gasteiger charge is -2.10. The minimum atomic E-state index is 0.440. The molecule has 2 aromatic heterocycles. The van der Waals surface area contributed by atoms with Crippen molar-refractivity contribution in [1.82, 2.24) is 14.8 Å². The number of furan rings is 1. The van der Waals surface area contributed by atoms with Crippen molar-refractivity contribution in [1.29, 1.82) is 0 Å². The van der Waals surface area contributed by atoms with Crippen molar-refractivity contribution in [3.63, 3.8) is 0 Å². The first-order chi connectivity index (χ1) is 13.5. The van der Waals surface area contributed by atoms with Crippen LogP contribution in [0.1, 0.15) is 5.56 Å². The summed E-state index contributed by atoms with van der Waals surface area (Å²) in [6, 6.07) is 14.4. The Kier molecular flexibility index (Phi) is 5.90. The number of thioether (sulfide) groups is 1. The summed E-state index contributed by atoms with van der Waals surface area (Å²) in [5, 5.41) is 11.4. The van der Waals surface area contributed by atoms with Crippen LogP contribution >= 0.6 is 58.2 Å². The van der Waals surface area contributed by atoms with Crippen LogP contribution in [-0.2, 0) is 5.75 Å². The summed E-state index contributed by atoms with van der Waals surface area (Å²) in [4.78, 5) is 0. The van der Waals surface area contributed by atoms with E-state index < -0.39 is 0 Å². The molecule has 0 spiro atoms. The lowest BCUT2D eigenvalue weighted by atomic mass is 10.2. The summed E-state index contributed by atoms with van der Waals surface area (Å²) < 4.78 is 7.39. The van der Waals surface area contributed by atoms with Gasteiger partial charge < -0.3 is 4.42 Å². The third-order valence-electron chi connectivity index (χ3n) is 3.91. The highest BCUT2D eigenvalue weighted by Gasteiger charge is 2.19. The van der Waals surface area contributed by atoms with Gasteiger partial charge in [0.2, 0.25) is 5.82 Å². The largest absolute Gasteiger partial charge is 0.461 e. The van der Waals surface area contributed by atoms with E-state index in [4.69, 9.17) is 50.8 Å². The van der Waals surface area contributed by atoms with Crippen LogP contribution in [0.3, 0.4) is 0 Å². The molecule has 4 rings (SSSR count). The van der Waals surface area contributed by atoms with E-state index in [1.807, 2.05) is 22.8 Å². The molecular weight excluding hydrogens is 460 g/mol. The fourth-order valence-corrected chi connectivity index (χ4v) is 4.37. The number of benzene rings is 2. The molecule has 0 atom stereocenters. The Morgan fingerprint density at radius 1 is 0.893 bits per heavy atom. The molecule has 28 heavy (non-hydrogen) atoms. The van der Waals surface area contributed by atoms with E-state index in [0.29, 0.717) is 42.6 Å². The van der Waals surface area contributed by atoms with Gasteiger partial charge in [0.05, 0.1) is 22.0 Å². The Labute approximate surface area is 185 Å². The maximum atomic E-state index is 6.29. The van der Waals surface area contributed by atoms with Crippen LogP contribution in [0, 0.1) is 0 Å². The van der Waals surface area contributed by atoms with Crippen molar-refractivity contribution in [3.8, 4) is 17.3 Å². The Morgan fingerprint density at radius 2 is 1.75 bits per heavy atom. The molecular formula is C19H11Cl4N3OS. The molecule has 0 amide bonds. The molecule has 142 valence electrons. The fourth-order valence-electron chi connectivity index (χ4n) is 2.57. The highest BCUT2D eigenvalue weighted by atomic mass is 35.5. The Morgan fingerprint density at radius 3 is 2.46 bits per heavy atom. The molecule has 0 radical (unpaired) electrons. The van der Waals surface area contributed by atoms with Gasteiger partial charge >= 0.3 is 0 Å². The number of hydrogen-bond acceptors (Lipinski definition) is 4. The second-order valence-electron chi connectivity index (χ2n) is 5.74. The molecule has 0 fully saturated rings. The molecule has 0 aliphatic carbocycles. The van der Waals surface area contributed by atoms with Crippen LogP contribution in [0.4, 0.5) is 0 Å². The van der Waals surface area contributed by atoms with Gasteiger partial charge in [-0.2, -0.15) is 0 Å². The molecule has 0 saturated heterocycles. The van der Waals surface area contributed by atoms with Crippen molar-refractivity contribution < 1.29 is 4.42 Å². The molecule has 4 aromatic rings. The minimum Gasteiger partial charge on any atom is -0.461 e. The van der Waals surface area contributed by atoms with Gasteiger partial charge in [-0.05, 0) is 48.0 Å². The van der Waals surface area contributed by atoms with Gasteiger partial charge in [0.1, 0.15) is 0 Å². The smallest absolute Gasteiger partial charge is 0.205 e. The number of halogens is 4. The van der Waals surface area contributed by atoms with Gasteiger partial charge in [-0.3, -0.25) is 4.57 Å². The Bertz CT molecular complexity index is 1130. The zero-order valence-electron chi connectivity index (χ0n) is 14.1. The standard InChI is InChI=1S/C19H11Cl4N3OS/c20-12-4-3-11(15(22)8-12)10-28-19-25-24-18(17-2-1-7-27-17)26(19)13-5-6-14(21)16(23)9-13/h1-9H,10H2. The Balaban J connectivity index is 1.73. The minimum absolute atomic E-state index is 0.440. The first-order valence-corrected chi connectivity index (χ1v) is 10.5. The molecule has 0 aliphatic rings. The van der Waals surface area contributed by atoms with Gasteiger partial charge in [0.15, 0.2) is 10.9 Å². The van der Waals surface area contributed by atoms with Crippen LogP contribution < -0.4 is 0 Å². The van der Waals surface area contributed by atoms with E-state index in [1.165, 1.54) is 11.8 Å². The van der Waals surface area contributed by atoms with E-state index in [2.05, 4.69) is 10.2 Å². The SMILES string of the molecule is Clc1ccc(CSc2nnc(-c3ccco3)n2-c2ccc(Cl)c(Cl)c2)c(Cl)c1. The number of aromatic nitrogens is 3. The van der Waals surface area contributed by atoms with Gasteiger partial charge in [-0.1, -0.05) is 64.2 Å². The quantitative estimate of drug-likeness (QED) is 0.284. The predicted molar refractivity (Wildman–Crippen MR) is 115 cm³/mol. The van der Waals surface area contributed by atoms with E-state index in [-0.39, 0.29) is 0 Å². The van der Waals surface area contributed by atoms with Crippen molar-refractivity contribution in [2.24, 2.45) is 0 Å². The van der Waals surface area contributed by atoms with Gasteiger partial charge in [0, 0.05) is 15.8 Å². The van der Waals surface area contributed by atoms with E-state index in [9.17, 15) is 0 Å². The van der Waals surface area contributed by atoms with Crippen molar-refractivity contribution in [2.45, 2.75) is 10.9 Å². The van der Waals surface area contributed by atoms with Crippen LogP contribution in [0.5, 0.6) is 0 Å². The van der Waals surface area contributed by atoms with Crippen molar-refractivity contribution in [3.05, 3.63) is 80.4 Å². The van der Waals surface area contributed by atoms with Crippen LogP contribution in [0.25, 0.3) is 17.3 Å². The van der Waals surface area contributed by atoms with E-state index in [1.54, 1.807) is 36.6 Å². The molecule has 2 heterocycles. The van der Waals surface area contributed by atoms with Gasteiger partial charge in [-0.15, -0.1) is 10.2 Å². The summed E-state index contributed by atoms with van der Waals surface area (Å²) in [5.74, 6) is 1.75. The third-order valence-corrected chi connectivity index (χ3v) is 6.21. The first kappa shape index (κ1) is 19.7. The molecule has 0 saturated carbocycles.